The van der Waals surface area contributed by atoms with Gasteiger partial charge in [0, 0.05) is 0 Å². The van der Waals surface area contributed by atoms with Gasteiger partial charge in [0.1, 0.15) is 6.04 Å². The molecule has 0 aliphatic rings. The highest BCUT2D eigenvalue weighted by atomic mass is 16.4. The van der Waals surface area contributed by atoms with Gasteiger partial charge < -0.3 is 10.8 Å². The van der Waals surface area contributed by atoms with Crippen LogP contribution in [0.15, 0.2) is 24.3 Å². The first-order valence-electron chi connectivity index (χ1n) is 4.73. The van der Waals surface area contributed by atoms with Gasteiger partial charge in [0.25, 0.3) is 0 Å². The number of carboxylic acid groups (broad SMARTS) is 1. The van der Waals surface area contributed by atoms with Gasteiger partial charge in [-0.25, -0.2) is 0 Å². The Kier molecular flexibility index (Phi) is 3.65. The first-order chi connectivity index (χ1) is 6.66. The molecule has 1 unspecified atom stereocenters. The fourth-order valence-electron chi connectivity index (χ4n) is 1.47. The van der Waals surface area contributed by atoms with E-state index >= 15 is 0 Å². The van der Waals surface area contributed by atoms with Crippen molar-refractivity contribution in [1.82, 2.24) is 0 Å². The molecule has 1 aromatic rings. The topological polar surface area (TPSA) is 63.3 Å². The van der Waals surface area contributed by atoms with E-state index in [-0.39, 0.29) is 0 Å². The summed E-state index contributed by atoms with van der Waals surface area (Å²) in [4.78, 5) is 10.7. The molecule has 0 spiro atoms. The van der Waals surface area contributed by atoms with E-state index in [4.69, 9.17) is 10.8 Å². The van der Waals surface area contributed by atoms with Gasteiger partial charge >= 0.3 is 5.97 Å². The second-order valence-electron chi connectivity index (χ2n) is 3.26. The Hall–Kier alpha value is -1.35. The normalized spacial score (nSPS) is 12.4. The average Bonchev–Trinajstić information content (AvgIpc) is 2.18. The van der Waals surface area contributed by atoms with Crippen LogP contribution in [0.3, 0.4) is 0 Å². The molecule has 14 heavy (non-hydrogen) atoms. The predicted molar refractivity (Wildman–Crippen MR) is 55.0 cm³/mol. The van der Waals surface area contributed by atoms with E-state index in [2.05, 4.69) is 6.92 Å². The molecule has 0 saturated carbocycles. The van der Waals surface area contributed by atoms with Crippen LogP contribution >= 0.6 is 0 Å². The van der Waals surface area contributed by atoms with Crippen molar-refractivity contribution in [2.75, 3.05) is 0 Å². The third-order valence-electron chi connectivity index (χ3n) is 2.18. The highest BCUT2D eigenvalue weighted by Gasteiger charge is 2.16. The summed E-state index contributed by atoms with van der Waals surface area (Å²) >= 11 is 0. The SMILES string of the molecule is CCCc1ccccc1C(N)C(=O)O. The summed E-state index contributed by atoms with van der Waals surface area (Å²) in [5, 5.41) is 8.80. The lowest BCUT2D eigenvalue weighted by Crippen LogP contribution is -2.22. The lowest BCUT2D eigenvalue weighted by atomic mass is 9.98. The highest BCUT2D eigenvalue weighted by Crippen LogP contribution is 2.17. The number of rotatable bonds is 4. The van der Waals surface area contributed by atoms with E-state index < -0.39 is 12.0 Å². The largest absolute Gasteiger partial charge is 0.480 e. The second kappa shape index (κ2) is 4.77. The Morgan fingerprint density at radius 1 is 1.50 bits per heavy atom. The Morgan fingerprint density at radius 3 is 2.71 bits per heavy atom. The zero-order valence-electron chi connectivity index (χ0n) is 8.23. The minimum Gasteiger partial charge on any atom is -0.480 e. The van der Waals surface area contributed by atoms with Crippen LogP contribution < -0.4 is 5.73 Å². The monoisotopic (exact) mass is 193 g/mol. The van der Waals surface area contributed by atoms with E-state index in [1.807, 2.05) is 18.2 Å². The quantitative estimate of drug-likeness (QED) is 0.765. The average molecular weight is 193 g/mol. The van der Waals surface area contributed by atoms with Gasteiger partial charge in [0.15, 0.2) is 0 Å². The van der Waals surface area contributed by atoms with Crippen molar-refractivity contribution in [3.63, 3.8) is 0 Å². The Bertz CT molecular complexity index is 323. The van der Waals surface area contributed by atoms with Crippen molar-refractivity contribution in [2.45, 2.75) is 25.8 Å². The summed E-state index contributed by atoms with van der Waals surface area (Å²) in [5.41, 5.74) is 7.33. The second-order valence-corrected chi connectivity index (χ2v) is 3.26. The predicted octanol–water partition coefficient (Wildman–Crippen LogP) is 1.72. The number of carboxylic acids is 1. The third-order valence-corrected chi connectivity index (χ3v) is 2.18. The molecule has 0 amide bonds. The molecule has 3 N–H and O–H groups in total. The fourth-order valence-corrected chi connectivity index (χ4v) is 1.47. The summed E-state index contributed by atoms with van der Waals surface area (Å²) in [6.45, 7) is 2.06. The zero-order chi connectivity index (χ0) is 10.6. The maximum absolute atomic E-state index is 10.7. The molecule has 0 saturated heterocycles. The maximum atomic E-state index is 10.7. The molecule has 0 fully saturated rings. The van der Waals surface area contributed by atoms with Crippen LogP contribution in [0.2, 0.25) is 0 Å². The van der Waals surface area contributed by atoms with Crippen LogP contribution in [-0.2, 0) is 11.2 Å². The van der Waals surface area contributed by atoms with E-state index in [1.54, 1.807) is 6.07 Å². The van der Waals surface area contributed by atoms with E-state index in [9.17, 15) is 4.79 Å². The van der Waals surface area contributed by atoms with Crippen molar-refractivity contribution >= 4 is 5.97 Å². The molecule has 0 aliphatic heterocycles. The van der Waals surface area contributed by atoms with Crippen molar-refractivity contribution in [1.29, 1.82) is 0 Å². The highest BCUT2D eigenvalue weighted by molar-refractivity contribution is 5.75. The number of hydrogen-bond donors (Lipinski definition) is 2. The van der Waals surface area contributed by atoms with Crippen LogP contribution in [0.5, 0.6) is 0 Å². The minimum absolute atomic E-state index is 0.724. The van der Waals surface area contributed by atoms with E-state index in [0.29, 0.717) is 0 Å². The standard InChI is InChI=1S/C11H15NO2/c1-2-5-8-6-3-4-7-9(8)10(12)11(13)14/h3-4,6-7,10H,2,5,12H2,1H3,(H,13,14). The molecule has 0 bridgehead atoms. The summed E-state index contributed by atoms with van der Waals surface area (Å²) < 4.78 is 0. The lowest BCUT2D eigenvalue weighted by Gasteiger charge is -2.11. The lowest BCUT2D eigenvalue weighted by molar-refractivity contribution is -0.138. The number of hydrogen-bond acceptors (Lipinski definition) is 2. The molecule has 1 rings (SSSR count). The summed E-state index contributed by atoms with van der Waals surface area (Å²) in [6.07, 6.45) is 1.86. The molecule has 0 radical (unpaired) electrons. The molecular weight excluding hydrogens is 178 g/mol. The van der Waals surface area contributed by atoms with Crippen LogP contribution in [0.4, 0.5) is 0 Å². The van der Waals surface area contributed by atoms with Crippen LogP contribution in [0.25, 0.3) is 0 Å². The number of aryl methyl sites for hydroxylation is 1. The molecular formula is C11H15NO2. The van der Waals surface area contributed by atoms with Crippen LogP contribution in [-0.4, -0.2) is 11.1 Å². The zero-order valence-corrected chi connectivity index (χ0v) is 8.23. The molecule has 1 aromatic carbocycles. The molecule has 1 atom stereocenters. The Balaban J connectivity index is 3.00. The summed E-state index contributed by atoms with van der Waals surface area (Å²) in [6, 6.07) is 6.53. The Morgan fingerprint density at radius 2 is 2.14 bits per heavy atom. The molecule has 3 nitrogen and oxygen atoms in total. The van der Waals surface area contributed by atoms with Crippen molar-refractivity contribution in [3.8, 4) is 0 Å². The van der Waals surface area contributed by atoms with Gasteiger partial charge in [0.2, 0.25) is 0 Å². The molecule has 3 heteroatoms. The van der Waals surface area contributed by atoms with Crippen LogP contribution in [0, 0.1) is 0 Å². The van der Waals surface area contributed by atoms with Crippen molar-refractivity contribution < 1.29 is 9.90 Å². The Labute approximate surface area is 83.6 Å². The van der Waals surface area contributed by atoms with Gasteiger partial charge in [-0.15, -0.1) is 0 Å². The number of nitrogens with two attached hydrogens (primary N) is 1. The molecule has 0 aliphatic carbocycles. The number of benzene rings is 1. The van der Waals surface area contributed by atoms with Gasteiger partial charge in [0.05, 0.1) is 0 Å². The first kappa shape index (κ1) is 10.7. The third kappa shape index (κ3) is 2.33. The first-order valence-corrected chi connectivity index (χ1v) is 4.73. The number of carbonyl (C=O) groups is 1. The smallest absolute Gasteiger partial charge is 0.325 e. The summed E-state index contributed by atoms with van der Waals surface area (Å²) in [7, 11) is 0. The van der Waals surface area contributed by atoms with Gasteiger partial charge in [-0.05, 0) is 17.5 Å². The maximum Gasteiger partial charge on any atom is 0.325 e. The van der Waals surface area contributed by atoms with Gasteiger partial charge in [-0.3, -0.25) is 4.79 Å². The number of aliphatic carboxylic acids is 1. The molecule has 76 valence electrons. The van der Waals surface area contributed by atoms with Crippen molar-refractivity contribution in [2.24, 2.45) is 5.73 Å². The summed E-state index contributed by atoms with van der Waals surface area (Å²) in [5.74, 6) is -0.978. The van der Waals surface area contributed by atoms with Crippen LogP contribution in [0.1, 0.15) is 30.5 Å². The molecule has 0 aromatic heterocycles. The fraction of sp³-hybridized carbons (Fsp3) is 0.364. The molecule has 0 heterocycles. The minimum atomic E-state index is -0.978. The van der Waals surface area contributed by atoms with Gasteiger partial charge in [-0.2, -0.15) is 0 Å². The van der Waals surface area contributed by atoms with E-state index in [1.165, 1.54) is 0 Å². The van der Waals surface area contributed by atoms with Crippen molar-refractivity contribution in [3.05, 3.63) is 35.4 Å². The van der Waals surface area contributed by atoms with E-state index in [0.717, 1.165) is 24.0 Å². The van der Waals surface area contributed by atoms with Gasteiger partial charge in [-0.1, -0.05) is 37.6 Å².